The number of benzene rings is 1. The second-order valence-corrected chi connectivity index (χ2v) is 6.63. The van der Waals surface area contributed by atoms with E-state index in [0.29, 0.717) is 42.6 Å². The molecule has 0 atom stereocenters. The average molecular weight is 378 g/mol. The van der Waals surface area contributed by atoms with Crippen molar-refractivity contribution in [1.82, 2.24) is 15.1 Å². The maximum Gasteiger partial charge on any atom is 0.294 e. The predicted molar refractivity (Wildman–Crippen MR) is 98.8 cm³/mol. The topological polar surface area (TPSA) is 95.4 Å². The van der Waals surface area contributed by atoms with E-state index in [1.165, 1.54) is 6.07 Å². The van der Waals surface area contributed by atoms with Crippen molar-refractivity contribution in [3.8, 4) is 0 Å². The summed E-state index contributed by atoms with van der Waals surface area (Å²) in [4.78, 5) is 27.1. The number of rotatable bonds is 5. The number of aryl methyl sites for hydroxylation is 1. The number of aromatic nitrogens is 2. The fraction of sp³-hybridized carbons (Fsp3) is 0.412. The molecule has 26 heavy (non-hydrogen) atoms. The lowest BCUT2D eigenvalue weighted by atomic mass is 10.2. The molecular formula is C17H20ClN5O3. The lowest BCUT2D eigenvalue weighted by Gasteiger charge is -2.35. The highest BCUT2D eigenvalue weighted by atomic mass is 35.5. The molecule has 1 aromatic heterocycles. The van der Waals surface area contributed by atoms with Crippen molar-refractivity contribution in [2.24, 2.45) is 0 Å². The van der Waals surface area contributed by atoms with Crippen molar-refractivity contribution in [1.29, 1.82) is 0 Å². The molecule has 138 valence electrons. The van der Waals surface area contributed by atoms with Crippen molar-refractivity contribution < 1.29 is 9.72 Å². The molecule has 0 spiro atoms. The number of amides is 1. The van der Waals surface area contributed by atoms with Crippen molar-refractivity contribution in [3.63, 3.8) is 0 Å². The van der Waals surface area contributed by atoms with E-state index in [9.17, 15) is 14.9 Å². The largest absolute Gasteiger partial charge is 0.362 e. The van der Waals surface area contributed by atoms with Crippen LogP contribution in [0.1, 0.15) is 29.5 Å². The SMILES string of the molecule is CCCc1cc(C(=O)N2CCN(c3ccc(Cl)cc3[N+](=O)[O-])CC2)n[nH]1. The Balaban J connectivity index is 1.67. The van der Waals surface area contributed by atoms with E-state index >= 15 is 0 Å². The summed E-state index contributed by atoms with van der Waals surface area (Å²) in [7, 11) is 0. The Hall–Kier alpha value is -2.61. The normalized spacial score (nSPS) is 14.5. The summed E-state index contributed by atoms with van der Waals surface area (Å²) in [6.45, 7) is 4.06. The third-order valence-corrected chi connectivity index (χ3v) is 4.65. The van der Waals surface area contributed by atoms with Crippen LogP contribution in [-0.4, -0.2) is 52.1 Å². The molecule has 0 radical (unpaired) electrons. The number of carbonyl (C=O) groups excluding carboxylic acids is 1. The molecule has 2 heterocycles. The van der Waals surface area contributed by atoms with Crippen LogP contribution in [-0.2, 0) is 6.42 Å². The smallest absolute Gasteiger partial charge is 0.294 e. The molecule has 1 aliphatic heterocycles. The number of aromatic amines is 1. The van der Waals surface area contributed by atoms with Crippen LogP contribution in [0, 0.1) is 10.1 Å². The fourth-order valence-corrected chi connectivity index (χ4v) is 3.26. The van der Waals surface area contributed by atoms with Crippen LogP contribution in [0.25, 0.3) is 0 Å². The molecule has 0 bridgehead atoms. The first-order valence-electron chi connectivity index (χ1n) is 8.52. The van der Waals surface area contributed by atoms with Crippen LogP contribution in [0.15, 0.2) is 24.3 Å². The molecule has 2 aromatic rings. The summed E-state index contributed by atoms with van der Waals surface area (Å²) in [6, 6.07) is 6.44. The van der Waals surface area contributed by atoms with Gasteiger partial charge in [0.25, 0.3) is 11.6 Å². The van der Waals surface area contributed by atoms with Gasteiger partial charge in [-0.15, -0.1) is 0 Å². The monoisotopic (exact) mass is 377 g/mol. The van der Waals surface area contributed by atoms with Crippen molar-refractivity contribution in [2.45, 2.75) is 19.8 Å². The van der Waals surface area contributed by atoms with E-state index in [1.54, 1.807) is 23.1 Å². The number of anilines is 1. The van der Waals surface area contributed by atoms with Gasteiger partial charge in [-0.2, -0.15) is 5.10 Å². The molecule has 0 aliphatic carbocycles. The number of nitro groups is 1. The molecule has 9 heteroatoms. The van der Waals surface area contributed by atoms with Crippen LogP contribution in [0.2, 0.25) is 5.02 Å². The van der Waals surface area contributed by atoms with Gasteiger partial charge in [-0.3, -0.25) is 20.0 Å². The number of hydrogen-bond donors (Lipinski definition) is 1. The Morgan fingerprint density at radius 2 is 2.04 bits per heavy atom. The van der Waals surface area contributed by atoms with E-state index in [0.717, 1.165) is 18.5 Å². The van der Waals surface area contributed by atoms with Crippen LogP contribution >= 0.6 is 11.6 Å². The van der Waals surface area contributed by atoms with Gasteiger partial charge in [0.15, 0.2) is 0 Å². The van der Waals surface area contributed by atoms with E-state index < -0.39 is 4.92 Å². The lowest BCUT2D eigenvalue weighted by Crippen LogP contribution is -2.49. The first-order chi connectivity index (χ1) is 12.5. The lowest BCUT2D eigenvalue weighted by molar-refractivity contribution is -0.384. The van der Waals surface area contributed by atoms with Crippen LogP contribution in [0.4, 0.5) is 11.4 Å². The van der Waals surface area contributed by atoms with Gasteiger partial charge in [0.2, 0.25) is 0 Å². The number of carbonyl (C=O) groups is 1. The van der Waals surface area contributed by atoms with E-state index in [1.807, 2.05) is 4.90 Å². The van der Waals surface area contributed by atoms with Gasteiger partial charge >= 0.3 is 0 Å². The van der Waals surface area contributed by atoms with Gasteiger partial charge in [-0.25, -0.2) is 0 Å². The number of halogens is 1. The zero-order valence-electron chi connectivity index (χ0n) is 14.4. The predicted octanol–water partition coefficient (Wildman–Crippen LogP) is 2.89. The third-order valence-electron chi connectivity index (χ3n) is 4.41. The quantitative estimate of drug-likeness (QED) is 0.638. The minimum Gasteiger partial charge on any atom is -0.362 e. The fourth-order valence-electron chi connectivity index (χ4n) is 3.09. The maximum absolute atomic E-state index is 12.6. The summed E-state index contributed by atoms with van der Waals surface area (Å²) in [6.07, 6.45) is 1.84. The molecule has 0 unspecified atom stereocenters. The zero-order valence-corrected chi connectivity index (χ0v) is 15.2. The standard InChI is InChI=1S/C17H20ClN5O3/c1-2-3-13-11-14(20-19-13)17(24)22-8-6-21(7-9-22)15-5-4-12(18)10-16(15)23(25)26/h4-5,10-11H,2-3,6-9H2,1H3,(H,19,20). The highest BCUT2D eigenvalue weighted by Crippen LogP contribution is 2.31. The third kappa shape index (κ3) is 3.80. The van der Waals surface area contributed by atoms with Gasteiger partial charge in [0.1, 0.15) is 11.4 Å². The number of nitro benzene ring substituents is 1. The van der Waals surface area contributed by atoms with Crippen LogP contribution in [0.3, 0.4) is 0 Å². The Morgan fingerprint density at radius 1 is 1.31 bits per heavy atom. The number of nitrogens with zero attached hydrogens (tertiary/aromatic N) is 4. The first-order valence-corrected chi connectivity index (χ1v) is 8.90. The number of H-pyrrole nitrogens is 1. The summed E-state index contributed by atoms with van der Waals surface area (Å²) < 4.78 is 0. The molecule has 8 nitrogen and oxygen atoms in total. The van der Waals surface area contributed by atoms with Gasteiger partial charge < -0.3 is 9.80 Å². The summed E-state index contributed by atoms with van der Waals surface area (Å²) in [5, 5.41) is 18.6. The highest BCUT2D eigenvalue weighted by Gasteiger charge is 2.27. The zero-order chi connectivity index (χ0) is 18.7. The molecule has 1 fully saturated rings. The summed E-state index contributed by atoms with van der Waals surface area (Å²) in [5.74, 6) is -0.117. The Kier molecular flexibility index (Phi) is 5.41. The molecular weight excluding hydrogens is 358 g/mol. The molecule has 1 aliphatic rings. The second-order valence-electron chi connectivity index (χ2n) is 6.20. The summed E-state index contributed by atoms with van der Waals surface area (Å²) in [5.41, 5.74) is 1.87. The maximum atomic E-state index is 12.6. The Morgan fingerprint density at radius 3 is 2.69 bits per heavy atom. The molecule has 0 saturated carbocycles. The summed E-state index contributed by atoms with van der Waals surface area (Å²) >= 11 is 5.87. The van der Waals surface area contributed by atoms with Gasteiger partial charge in [0, 0.05) is 43.0 Å². The van der Waals surface area contributed by atoms with Crippen LogP contribution in [0.5, 0.6) is 0 Å². The van der Waals surface area contributed by atoms with Crippen molar-refractivity contribution >= 4 is 28.9 Å². The Labute approximate surface area is 155 Å². The number of nitrogens with one attached hydrogen (secondary N) is 1. The van der Waals surface area contributed by atoms with Crippen molar-refractivity contribution in [3.05, 3.63) is 50.8 Å². The van der Waals surface area contributed by atoms with E-state index in [4.69, 9.17) is 11.6 Å². The minimum atomic E-state index is -0.433. The van der Waals surface area contributed by atoms with E-state index in [2.05, 4.69) is 17.1 Å². The Bertz CT molecular complexity index is 814. The molecule has 1 saturated heterocycles. The average Bonchev–Trinajstić information content (AvgIpc) is 3.10. The van der Waals surface area contributed by atoms with Gasteiger partial charge in [0.05, 0.1) is 4.92 Å². The minimum absolute atomic E-state index is 0.0196. The molecule has 3 rings (SSSR count). The van der Waals surface area contributed by atoms with Crippen LogP contribution < -0.4 is 4.90 Å². The molecule has 1 N–H and O–H groups in total. The number of piperazine rings is 1. The molecule has 1 amide bonds. The van der Waals surface area contributed by atoms with Gasteiger partial charge in [-0.1, -0.05) is 24.9 Å². The number of hydrogen-bond acceptors (Lipinski definition) is 5. The van der Waals surface area contributed by atoms with Gasteiger partial charge in [-0.05, 0) is 24.6 Å². The van der Waals surface area contributed by atoms with E-state index in [-0.39, 0.29) is 11.6 Å². The molecule has 1 aromatic carbocycles. The van der Waals surface area contributed by atoms with Crippen molar-refractivity contribution in [2.75, 3.05) is 31.1 Å². The second kappa shape index (κ2) is 7.74. The highest BCUT2D eigenvalue weighted by molar-refractivity contribution is 6.30. The first kappa shape index (κ1) is 18.2.